The zero-order chi connectivity index (χ0) is 13.3. The number of carboxylic acid groups (broad SMARTS) is 1. The molecule has 98 valence electrons. The Balaban J connectivity index is 2.13. The molecule has 1 aliphatic carbocycles. The average Bonchev–Trinajstić information content (AvgIpc) is 2.63. The van der Waals surface area contributed by atoms with Crippen LogP contribution >= 0.6 is 11.6 Å². The minimum Gasteiger partial charge on any atom is -0.478 e. The van der Waals surface area contributed by atoms with Crippen molar-refractivity contribution in [3.8, 4) is 0 Å². The molecule has 18 heavy (non-hydrogen) atoms. The molecular formula is C14H18ClNO2. The molecule has 4 heteroatoms. The molecule has 1 aromatic rings. The van der Waals surface area contributed by atoms with Crippen LogP contribution in [0.4, 0.5) is 5.69 Å². The quantitative estimate of drug-likeness (QED) is 0.874. The van der Waals surface area contributed by atoms with Crippen LogP contribution in [0.5, 0.6) is 0 Å². The molecule has 3 nitrogen and oxygen atoms in total. The highest BCUT2D eigenvalue weighted by molar-refractivity contribution is 6.33. The Morgan fingerprint density at radius 3 is 2.61 bits per heavy atom. The fraction of sp³-hybridized carbons (Fsp3) is 0.500. The van der Waals surface area contributed by atoms with Crippen molar-refractivity contribution in [2.45, 2.75) is 32.7 Å². The van der Waals surface area contributed by atoms with E-state index in [9.17, 15) is 4.79 Å². The van der Waals surface area contributed by atoms with E-state index in [0.29, 0.717) is 17.0 Å². The Hall–Kier alpha value is -1.22. The summed E-state index contributed by atoms with van der Waals surface area (Å²) in [6.45, 7) is 4.51. The van der Waals surface area contributed by atoms with Gasteiger partial charge in [0.2, 0.25) is 0 Å². The van der Waals surface area contributed by atoms with Gasteiger partial charge >= 0.3 is 5.97 Å². The van der Waals surface area contributed by atoms with E-state index >= 15 is 0 Å². The van der Waals surface area contributed by atoms with E-state index in [1.165, 1.54) is 12.5 Å². The summed E-state index contributed by atoms with van der Waals surface area (Å²) in [6, 6.07) is 5.25. The van der Waals surface area contributed by atoms with Gasteiger partial charge in [-0.2, -0.15) is 0 Å². The summed E-state index contributed by atoms with van der Waals surface area (Å²) in [6.07, 6.45) is 2.36. The minimum absolute atomic E-state index is 0.221. The summed E-state index contributed by atoms with van der Waals surface area (Å²) >= 11 is 6.11. The minimum atomic E-state index is -0.952. The second kappa shape index (κ2) is 5.19. The largest absolute Gasteiger partial charge is 0.478 e. The number of carbonyl (C=O) groups is 1. The number of benzene rings is 1. The lowest BCUT2D eigenvalue weighted by Crippen LogP contribution is -2.24. The summed E-state index contributed by atoms with van der Waals surface area (Å²) in [5.41, 5.74) is 1.05. The molecule has 1 fully saturated rings. The van der Waals surface area contributed by atoms with Gasteiger partial charge in [0, 0.05) is 6.04 Å². The van der Waals surface area contributed by atoms with Crippen LogP contribution in [0, 0.1) is 11.8 Å². The van der Waals surface area contributed by atoms with Crippen molar-refractivity contribution in [1.29, 1.82) is 0 Å². The summed E-state index contributed by atoms with van der Waals surface area (Å²) in [5, 5.41) is 12.8. The maximum Gasteiger partial charge on any atom is 0.335 e. The zero-order valence-electron chi connectivity index (χ0n) is 10.6. The second-order valence-corrected chi connectivity index (χ2v) is 5.57. The third-order valence-electron chi connectivity index (χ3n) is 4.02. The predicted octanol–water partition coefficient (Wildman–Crippen LogP) is 3.88. The standard InChI is InChI=1S/C14H18ClNO2/c1-8-3-5-12(9(8)2)16-13-6-4-10(14(17)18)7-11(13)15/h4,6-9,12,16H,3,5H2,1-2H3,(H,17,18). The fourth-order valence-corrected chi connectivity index (χ4v) is 2.77. The van der Waals surface area contributed by atoms with Gasteiger partial charge in [-0.3, -0.25) is 0 Å². The maximum atomic E-state index is 10.8. The molecule has 2 rings (SSSR count). The van der Waals surface area contributed by atoms with Crippen LogP contribution in [0.15, 0.2) is 18.2 Å². The molecule has 0 aromatic heterocycles. The van der Waals surface area contributed by atoms with Crippen molar-refractivity contribution in [2.75, 3.05) is 5.32 Å². The monoisotopic (exact) mass is 267 g/mol. The van der Waals surface area contributed by atoms with Gasteiger partial charge in [0.1, 0.15) is 0 Å². The van der Waals surface area contributed by atoms with Crippen LogP contribution in [0.2, 0.25) is 5.02 Å². The summed E-state index contributed by atoms with van der Waals surface area (Å²) in [7, 11) is 0. The molecule has 0 aliphatic heterocycles. The molecule has 0 heterocycles. The van der Waals surface area contributed by atoms with Gasteiger partial charge in [0.15, 0.2) is 0 Å². The molecule has 2 N–H and O–H groups in total. The first-order chi connectivity index (χ1) is 8.49. The van der Waals surface area contributed by atoms with Gasteiger partial charge in [-0.15, -0.1) is 0 Å². The van der Waals surface area contributed by atoms with Crippen molar-refractivity contribution < 1.29 is 9.90 Å². The van der Waals surface area contributed by atoms with Gasteiger partial charge < -0.3 is 10.4 Å². The number of anilines is 1. The highest BCUT2D eigenvalue weighted by atomic mass is 35.5. The first kappa shape index (κ1) is 13.2. The lowest BCUT2D eigenvalue weighted by Gasteiger charge is -2.21. The second-order valence-electron chi connectivity index (χ2n) is 5.16. The Morgan fingerprint density at radius 1 is 1.39 bits per heavy atom. The van der Waals surface area contributed by atoms with Crippen LogP contribution in [0.25, 0.3) is 0 Å². The smallest absolute Gasteiger partial charge is 0.335 e. The van der Waals surface area contributed by atoms with Crippen molar-refractivity contribution in [3.05, 3.63) is 28.8 Å². The number of carboxylic acids is 1. The Bertz CT molecular complexity index is 461. The van der Waals surface area contributed by atoms with E-state index in [4.69, 9.17) is 16.7 Å². The lowest BCUT2D eigenvalue weighted by atomic mass is 9.97. The van der Waals surface area contributed by atoms with Crippen LogP contribution < -0.4 is 5.32 Å². The van der Waals surface area contributed by atoms with Gasteiger partial charge in [-0.05, 0) is 42.9 Å². The molecule has 0 radical (unpaired) electrons. The first-order valence-corrected chi connectivity index (χ1v) is 6.66. The van der Waals surface area contributed by atoms with E-state index in [2.05, 4.69) is 19.2 Å². The SMILES string of the molecule is CC1CCC(Nc2ccc(C(=O)O)cc2Cl)C1C. The average molecular weight is 268 g/mol. The lowest BCUT2D eigenvalue weighted by molar-refractivity contribution is 0.0697. The molecule has 1 aromatic carbocycles. The summed E-state index contributed by atoms with van der Waals surface area (Å²) in [4.78, 5) is 10.8. The molecule has 0 bridgehead atoms. The van der Waals surface area contributed by atoms with Crippen molar-refractivity contribution in [3.63, 3.8) is 0 Å². The Kier molecular flexibility index (Phi) is 3.81. The molecular weight excluding hydrogens is 250 g/mol. The van der Waals surface area contributed by atoms with Crippen LogP contribution in [-0.2, 0) is 0 Å². The Labute approximate surface area is 112 Å². The molecule has 3 unspecified atom stereocenters. The van der Waals surface area contributed by atoms with Crippen LogP contribution in [0.3, 0.4) is 0 Å². The summed E-state index contributed by atoms with van der Waals surface area (Å²) in [5.74, 6) is 0.381. The van der Waals surface area contributed by atoms with Crippen molar-refractivity contribution >= 4 is 23.3 Å². The molecule has 3 atom stereocenters. The number of hydrogen-bond donors (Lipinski definition) is 2. The number of hydrogen-bond acceptors (Lipinski definition) is 2. The van der Waals surface area contributed by atoms with Gasteiger partial charge in [-0.25, -0.2) is 4.79 Å². The first-order valence-electron chi connectivity index (χ1n) is 6.28. The highest BCUT2D eigenvalue weighted by Gasteiger charge is 2.29. The molecule has 0 saturated heterocycles. The van der Waals surface area contributed by atoms with E-state index < -0.39 is 5.97 Å². The highest BCUT2D eigenvalue weighted by Crippen LogP contribution is 2.34. The molecule has 1 saturated carbocycles. The van der Waals surface area contributed by atoms with E-state index in [0.717, 1.165) is 18.0 Å². The topological polar surface area (TPSA) is 49.3 Å². The fourth-order valence-electron chi connectivity index (χ4n) is 2.53. The molecule has 0 amide bonds. The van der Waals surface area contributed by atoms with E-state index in [-0.39, 0.29) is 5.56 Å². The van der Waals surface area contributed by atoms with E-state index in [1.54, 1.807) is 12.1 Å². The third kappa shape index (κ3) is 2.61. The normalized spacial score (nSPS) is 27.2. The molecule has 0 spiro atoms. The number of nitrogens with one attached hydrogen (secondary N) is 1. The third-order valence-corrected chi connectivity index (χ3v) is 4.33. The maximum absolute atomic E-state index is 10.8. The van der Waals surface area contributed by atoms with Crippen LogP contribution in [-0.4, -0.2) is 17.1 Å². The van der Waals surface area contributed by atoms with Crippen LogP contribution in [0.1, 0.15) is 37.0 Å². The zero-order valence-corrected chi connectivity index (χ0v) is 11.4. The van der Waals surface area contributed by atoms with Crippen molar-refractivity contribution in [2.24, 2.45) is 11.8 Å². The van der Waals surface area contributed by atoms with E-state index in [1.807, 2.05) is 0 Å². The predicted molar refractivity (Wildman–Crippen MR) is 73.4 cm³/mol. The Morgan fingerprint density at radius 2 is 2.11 bits per heavy atom. The number of halogens is 1. The van der Waals surface area contributed by atoms with Gasteiger partial charge in [-0.1, -0.05) is 25.4 Å². The number of aromatic carboxylic acids is 1. The van der Waals surface area contributed by atoms with Crippen molar-refractivity contribution in [1.82, 2.24) is 0 Å². The number of rotatable bonds is 3. The molecule has 1 aliphatic rings. The van der Waals surface area contributed by atoms with Gasteiger partial charge in [0.25, 0.3) is 0 Å². The summed E-state index contributed by atoms with van der Waals surface area (Å²) < 4.78 is 0. The van der Waals surface area contributed by atoms with Gasteiger partial charge in [0.05, 0.1) is 16.3 Å².